The van der Waals surface area contributed by atoms with Crippen LogP contribution in [-0.2, 0) is 8.85 Å². The van der Waals surface area contributed by atoms with Crippen molar-refractivity contribution in [2.75, 3.05) is 24.0 Å². The quantitative estimate of drug-likeness (QED) is 0.299. The van der Waals surface area contributed by atoms with Crippen LogP contribution in [0.1, 0.15) is 52.4 Å². The average Bonchev–Trinajstić information content (AvgIpc) is 2.39. The Kier molecular flexibility index (Phi) is 12.6. The van der Waals surface area contributed by atoms with Gasteiger partial charge in [-0.15, -0.1) is 0 Å². The molecule has 0 aliphatic carbocycles. The van der Waals surface area contributed by atoms with Crippen LogP contribution in [0, 0.1) is 0 Å². The number of hydrogen-bond donors (Lipinski definition) is 0. The lowest BCUT2D eigenvalue weighted by Crippen LogP contribution is -2.38. The molecule has 0 N–H and O–H groups in total. The molecule has 0 aromatic heterocycles. The minimum Gasteiger partial charge on any atom is -0.417 e. The monoisotopic (exact) mass is 350 g/mol. The number of hydrogen-bond acceptors (Lipinski definition) is 3. The van der Waals surface area contributed by atoms with Crippen molar-refractivity contribution in [2.24, 2.45) is 0 Å². The largest absolute Gasteiger partial charge is 0.417 e. The smallest absolute Gasteiger partial charge is 0.196 e. The Bertz CT molecular complexity index is 224. The SMILES string of the molecule is CCCCCO[Si](C)(C)CSC[Si](C)(C)OCCCCC. The zero-order chi connectivity index (χ0) is 16.2. The van der Waals surface area contributed by atoms with Gasteiger partial charge in [-0.25, -0.2) is 0 Å². The van der Waals surface area contributed by atoms with Gasteiger partial charge in [-0.3, -0.25) is 0 Å². The van der Waals surface area contributed by atoms with Crippen molar-refractivity contribution in [3.8, 4) is 0 Å². The van der Waals surface area contributed by atoms with Gasteiger partial charge in [-0.2, -0.15) is 11.8 Å². The lowest BCUT2D eigenvalue weighted by Gasteiger charge is -2.26. The fraction of sp³-hybridized carbons (Fsp3) is 1.00. The van der Waals surface area contributed by atoms with Crippen molar-refractivity contribution in [1.82, 2.24) is 0 Å². The third-order valence-electron chi connectivity index (χ3n) is 3.38. The van der Waals surface area contributed by atoms with Gasteiger partial charge in [0.05, 0.1) is 0 Å². The molecule has 0 unspecified atom stereocenters. The zero-order valence-corrected chi connectivity index (χ0v) is 18.1. The minimum absolute atomic E-state index is 0.960. The summed E-state index contributed by atoms with van der Waals surface area (Å²) in [6.07, 6.45) is 7.58. The van der Waals surface area contributed by atoms with Crippen molar-refractivity contribution < 1.29 is 8.85 Å². The molecular formula is C16H38O2SSi2. The molecule has 0 heterocycles. The lowest BCUT2D eigenvalue weighted by molar-refractivity contribution is 0.299. The maximum atomic E-state index is 6.15. The van der Waals surface area contributed by atoms with Gasteiger partial charge in [-0.05, 0) is 39.0 Å². The van der Waals surface area contributed by atoms with Crippen LogP contribution < -0.4 is 0 Å². The van der Waals surface area contributed by atoms with Crippen LogP contribution in [0.2, 0.25) is 26.2 Å². The number of rotatable bonds is 14. The van der Waals surface area contributed by atoms with Crippen LogP contribution in [0.4, 0.5) is 0 Å². The molecule has 0 bridgehead atoms. The predicted octanol–water partition coefficient (Wildman–Crippen LogP) is 5.62. The molecule has 5 heteroatoms. The highest BCUT2D eigenvalue weighted by Crippen LogP contribution is 2.19. The topological polar surface area (TPSA) is 18.5 Å². The van der Waals surface area contributed by atoms with E-state index in [0.717, 1.165) is 13.2 Å². The van der Waals surface area contributed by atoms with Gasteiger partial charge in [0.15, 0.2) is 16.6 Å². The van der Waals surface area contributed by atoms with E-state index in [4.69, 9.17) is 8.85 Å². The third kappa shape index (κ3) is 14.1. The van der Waals surface area contributed by atoms with Crippen LogP contribution >= 0.6 is 11.8 Å². The summed E-state index contributed by atoms with van der Waals surface area (Å²) in [5.41, 5.74) is 0. The predicted molar refractivity (Wildman–Crippen MR) is 103 cm³/mol. The van der Waals surface area contributed by atoms with Gasteiger partial charge in [-0.1, -0.05) is 39.5 Å². The molecule has 0 radical (unpaired) electrons. The van der Waals surface area contributed by atoms with E-state index in [-0.39, 0.29) is 0 Å². The molecule has 0 aliphatic rings. The molecule has 21 heavy (non-hydrogen) atoms. The van der Waals surface area contributed by atoms with Crippen molar-refractivity contribution in [3.63, 3.8) is 0 Å². The number of thioether (sulfide) groups is 1. The fourth-order valence-corrected chi connectivity index (χ4v) is 9.35. The molecule has 0 aromatic carbocycles. The first-order chi connectivity index (χ1) is 9.83. The van der Waals surface area contributed by atoms with Gasteiger partial charge in [0, 0.05) is 24.0 Å². The normalized spacial score (nSPS) is 12.9. The fourth-order valence-electron chi connectivity index (χ4n) is 2.03. The Balaban J connectivity index is 3.77. The van der Waals surface area contributed by atoms with Crippen molar-refractivity contribution in [3.05, 3.63) is 0 Å². The van der Waals surface area contributed by atoms with Crippen LogP contribution in [-0.4, -0.2) is 40.6 Å². The highest BCUT2D eigenvalue weighted by Gasteiger charge is 2.27. The van der Waals surface area contributed by atoms with Crippen molar-refractivity contribution >= 4 is 28.4 Å². The summed E-state index contributed by atoms with van der Waals surface area (Å²) >= 11 is 2.07. The molecule has 0 rings (SSSR count). The van der Waals surface area contributed by atoms with E-state index in [9.17, 15) is 0 Å². The van der Waals surface area contributed by atoms with Gasteiger partial charge in [0.1, 0.15) is 0 Å². The molecule has 0 saturated heterocycles. The zero-order valence-electron chi connectivity index (χ0n) is 15.3. The van der Waals surface area contributed by atoms with E-state index in [1.807, 2.05) is 0 Å². The first-order valence-electron chi connectivity index (χ1n) is 8.68. The summed E-state index contributed by atoms with van der Waals surface area (Å²) in [4.78, 5) is 0. The van der Waals surface area contributed by atoms with Gasteiger partial charge in [0.25, 0.3) is 0 Å². The van der Waals surface area contributed by atoms with Crippen LogP contribution in [0.15, 0.2) is 0 Å². The van der Waals surface area contributed by atoms with Crippen LogP contribution in [0.5, 0.6) is 0 Å². The number of unbranched alkanes of at least 4 members (excludes halogenated alkanes) is 4. The molecule has 0 fully saturated rings. The molecule has 0 amide bonds. The molecular weight excluding hydrogens is 312 g/mol. The molecule has 0 aromatic rings. The summed E-state index contributed by atoms with van der Waals surface area (Å²) < 4.78 is 12.3. The lowest BCUT2D eigenvalue weighted by atomic mass is 10.3. The Morgan fingerprint density at radius 1 is 0.667 bits per heavy atom. The van der Waals surface area contributed by atoms with Crippen LogP contribution in [0.3, 0.4) is 0 Å². The Hall–Kier alpha value is 0.704. The Labute approximate surface area is 140 Å². The highest BCUT2D eigenvalue weighted by molar-refractivity contribution is 8.02. The molecule has 0 atom stereocenters. The van der Waals surface area contributed by atoms with E-state index < -0.39 is 16.6 Å². The summed E-state index contributed by atoms with van der Waals surface area (Å²) in [5.74, 6) is 0. The Morgan fingerprint density at radius 3 is 1.38 bits per heavy atom. The van der Waals surface area contributed by atoms with Crippen molar-refractivity contribution in [1.29, 1.82) is 0 Å². The van der Waals surface area contributed by atoms with E-state index in [1.165, 1.54) is 49.3 Å². The van der Waals surface area contributed by atoms with Crippen LogP contribution in [0.25, 0.3) is 0 Å². The summed E-state index contributed by atoms with van der Waals surface area (Å²) in [5, 5.41) is 2.40. The summed E-state index contributed by atoms with van der Waals surface area (Å²) in [6.45, 7) is 15.8. The van der Waals surface area contributed by atoms with Gasteiger partial charge >= 0.3 is 0 Å². The average molecular weight is 351 g/mol. The molecule has 0 aliphatic heterocycles. The van der Waals surface area contributed by atoms with E-state index in [1.54, 1.807) is 0 Å². The van der Waals surface area contributed by atoms with E-state index in [0.29, 0.717) is 0 Å². The highest BCUT2D eigenvalue weighted by atomic mass is 32.2. The standard InChI is InChI=1S/C16H38O2SSi2/c1-7-9-11-13-17-20(3,4)15-19-16-21(5,6)18-14-12-10-8-2/h7-16H2,1-6H3. The molecule has 0 spiro atoms. The van der Waals surface area contributed by atoms with Gasteiger partial charge < -0.3 is 8.85 Å². The second-order valence-electron chi connectivity index (χ2n) is 7.12. The maximum Gasteiger partial charge on any atom is 0.196 e. The minimum atomic E-state index is -1.47. The molecule has 2 nitrogen and oxygen atoms in total. The molecule has 128 valence electrons. The summed E-state index contributed by atoms with van der Waals surface area (Å²) in [7, 11) is -2.93. The molecule has 0 saturated carbocycles. The second-order valence-corrected chi connectivity index (χ2v) is 17.5. The first kappa shape index (κ1) is 21.7. The first-order valence-corrected chi connectivity index (χ1v) is 16.1. The Morgan fingerprint density at radius 2 is 1.05 bits per heavy atom. The maximum absolute atomic E-state index is 6.15. The third-order valence-corrected chi connectivity index (χ3v) is 12.5. The van der Waals surface area contributed by atoms with Crippen molar-refractivity contribution in [2.45, 2.75) is 78.6 Å². The summed E-state index contributed by atoms with van der Waals surface area (Å²) in [6, 6.07) is 0. The van der Waals surface area contributed by atoms with Gasteiger partial charge in [0.2, 0.25) is 0 Å². The van der Waals surface area contributed by atoms with E-state index >= 15 is 0 Å². The second kappa shape index (κ2) is 12.2. The van der Waals surface area contributed by atoms with E-state index in [2.05, 4.69) is 51.8 Å².